The molecule has 0 aromatic carbocycles. The molecule has 0 atom stereocenters. The molecule has 0 fully saturated rings. The minimum atomic E-state index is -2.31. The van der Waals surface area contributed by atoms with Gasteiger partial charge in [-0.2, -0.15) is 37.0 Å². The van der Waals surface area contributed by atoms with Crippen LogP contribution in [-0.2, 0) is 35.4 Å². The Morgan fingerprint density at radius 1 is 0.591 bits per heavy atom. The number of allylic oxidation sites excluding steroid dienone is 1. The maximum atomic E-state index is 7.00. The maximum Gasteiger partial charge on any atom is 0.500 e. The topological polar surface area (TPSA) is 94.1 Å². The zero-order valence-electron chi connectivity index (χ0n) is 30.4. The van der Waals surface area contributed by atoms with Gasteiger partial charge in [0.05, 0.1) is 0 Å². The Bertz CT molecular complexity index is 519. The highest BCUT2D eigenvalue weighted by molar-refractivity contribution is 7.99. The van der Waals surface area contributed by atoms with Gasteiger partial charge in [-0.05, 0) is 67.7 Å². The van der Waals surface area contributed by atoms with Gasteiger partial charge in [0.2, 0.25) is 0 Å². The molecule has 0 saturated carbocycles. The second-order valence-corrected chi connectivity index (χ2v) is 21.2. The minimum absolute atomic E-state index is 0.833. The molecule has 0 unspecified atom stereocenters. The van der Waals surface area contributed by atoms with E-state index in [2.05, 4.69) is 52.2 Å². The molecule has 0 aliphatic heterocycles. The van der Waals surface area contributed by atoms with Crippen LogP contribution >= 0.6 is 37.0 Å². The summed E-state index contributed by atoms with van der Waals surface area (Å²) < 4.78 is 42.2. The van der Waals surface area contributed by atoms with Gasteiger partial charge >= 0.3 is 26.2 Å². The molecule has 0 heterocycles. The van der Waals surface area contributed by atoms with E-state index in [0.29, 0.717) is 0 Å². The third kappa shape index (κ3) is 34.4. The molecule has 44 heavy (non-hydrogen) atoms. The number of unbranched alkanes of at least 4 members (excludes halogenated alkanes) is 3. The molecule has 0 radical (unpaired) electrons. The van der Waals surface area contributed by atoms with Crippen LogP contribution in [0.3, 0.4) is 0 Å². The van der Waals surface area contributed by atoms with Crippen LogP contribution in [0.4, 0.5) is 0 Å². The minimum Gasteiger partial charge on any atom is -0.400 e. The van der Waals surface area contributed by atoms with Crippen molar-refractivity contribution in [2.24, 2.45) is 0 Å². The van der Waals surface area contributed by atoms with E-state index in [1.165, 1.54) is 37.2 Å². The second kappa shape index (κ2) is 42.1. The Morgan fingerprint density at radius 2 is 0.977 bits per heavy atom. The third-order valence-corrected chi connectivity index (χ3v) is 16.8. The molecule has 15 heteroatoms. The van der Waals surface area contributed by atoms with Crippen molar-refractivity contribution in [3.63, 3.8) is 0 Å². The van der Waals surface area contributed by atoms with Gasteiger partial charge in [0, 0.05) is 76.1 Å². The van der Waals surface area contributed by atoms with E-state index in [1.54, 1.807) is 56.9 Å². The molecule has 0 saturated heterocycles. The third-order valence-electron chi connectivity index (χ3n) is 6.32. The predicted octanol–water partition coefficient (Wildman–Crippen LogP) is 7.61. The number of thiol groups is 2. The average molecular weight is 745 g/mol. The van der Waals surface area contributed by atoms with E-state index >= 15 is 0 Å². The highest BCUT2D eigenvalue weighted by atomic mass is 32.2. The number of thioether (sulfide) groups is 1. The monoisotopic (exact) mass is 744 g/mol. The second-order valence-electron chi connectivity index (χ2n) is 9.29. The first-order valence-corrected chi connectivity index (χ1v) is 24.2. The van der Waals surface area contributed by atoms with Crippen LogP contribution in [0.1, 0.15) is 65.2 Å². The van der Waals surface area contributed by atoms with Gasteiger partial charge in [-0.25, -0.2) is 0 Å². The smallest absolute Gasteiger partial charge is 0.400 e. The molecule has 0 amide bonds. The predicted molar refractivity (Wildman–Crippen MR) is 205 cm³/mol. The Kier molecular flexibility index (Phi) is 52.2. The van der Waals surface area contributed by atoms with Crippen LogP contribution in [-0.4, -0.2) is 118 Å². The Hall–Kier alpha value is 1.08. The summed E-state index contributed by atoms with van der Waals surface area (Å²) in [7, 11) is 7.96. The fourth-order valence-corrected chi connectivity index (χ4v) is 10.2. The van der Waals surface area contributed by atoms with Crippen LogP contribution in [0.5, 0.6) is 0 Å². The van der Waals surface area contributed by atoms with E-state index in [0.717, 1.165) is 62.4 Å². The van der Waals surface area contributed by atoms with Gasteiger partial charge in [0.15, 0.2) is 0 Å². The molecule has 9 nitrogen and oxygen atoms in total. The quantitative estimate of drug-likeness (QED) is 0.0397. The Balaban J connectivity index is -0.000000160. The molecule has 0 rings (SSSR count). The number of hydrogen-bond acceptors (Lipinski definition) is 12. The van der Waals surface area contributed by atoms with Gasteiger partial charge in [0.1, 0.15) is 0 Å². The van der Waals surface area contributed by atoms with Gasteiger partial charge in [-0.3, -0.25) is 0 Å². The number of hydrogen-bond donors (Lipinski definition) is 3. The number of rotatable bonds is 24. The van der Waals surface area contributed by atoms with Crippen molar-refractivity contribution in [2.45, 2.75) is 89.9 Å². The molecule has 272 valence electrons. The Morgan fingerprint density at radius 3 is 1.27 bits per heavy atom. The highest BCUT2D eigenvalue weighted by Crippen LogP contribution is 2.18. The van der Waals surface area contributed by atoms with Gasteiger partial charge in [-0.15, -0.1) is 6.58 Å². The first-order chi connectivity index (χ1) is 21.1. The summed E-state index contributed by atoms with van der Waals surface area (Å²) in [4.78, 5) is 0. The first-order valence-electron chi connectivity index (χ1n) is 15.3. The lowest BCUT2D eigenvalue weighted by Crippen LogP contribution is -2.42. The molecular weight excluding hydrogens is 673 g/mol. The van der Waals surface area contributed by atoms with Crippen LogP contribution in [0, 0.1) is 0 Å². The van der Waals surface area contributed by atoms with Crippen LogP contribution in [0.15, 0.2) is 12.7 Å². The molecule has 0 bridgehead atoms. The summed E-state index contributed by atoms with van der Waals surface area (Å²) >= 11 is 10.2. The van der Waals surface area contributed by atoms with E-state index in [4.69, 9.17) is 40.5 Å². The SMILES string of the molecule is C=CCCC.CCCCCSCCC[Si](OC)(OC)OC.CO.CO[Si](C)(CCCS)OC.CO[Si](CCCS)(OC)OC. The lowest BCUT2D eigenvalue weighted by Gasteiger charge is -2.24. The zero-order chi connectivity index (χ0) is 35.2. The van der Waals surface area contributed by atoms with Gasteiger partial charge < -0.3 is 40.5 Å². The highest BCUT2D eigenvalue weighted by Gasteiger charge is 2.37. The Labute approximate surface area is 292 Å². The molecule has 1 N–H and O–H groups in total. The zero-order valence-corrected chi connectivity index (χ0v) is 36.0. The molecule has 0 aromatic heterocycles. The van der Waals surface area contributed by atoms with E-state index in [1.807, 2.05) is 17.8 Å². The number of aliphatic hydroxyl groups excluding tert-OH is 1. The van der Waals surface area contributed by atoms with E-state index < -0.39 is 26.2 Å². The van der Waals surface area contributed by atoms with Crippen molar-refractivity contribution >= 4 is 63.2 Å². The summed E-state index contributed by atoms with van der Waals surface area (Å²) in [6.45, 7) is 9.99. The molecule has 0 aliphatic rings. The lowest BCUT2D eigenvalue weighted by atomic mass is 10.3. The fourth-order valence-electron chi connectivity index (χ4n) is 3.25. The van der Waals surface area contributed by atoms with Crippen LogP contribution < -0.4 is 0 Å². The first kappa shape index (κ1) is 54.5. The summed E-state index contributed by atoms with van der Waals surface area (Å²) in [5.74, 6) is 4.20. The summed E-state index contributed by atoms with van der Waals surface area (Å²) in [5, 5.41) is 7.00. The number of aliphatic hydroxyl groups is 1. The molecule has 0 spiro atoms. The van der Waals surface area contributed by atoms with Crippen molar-refractivity contribution < 1.29 is 40.5 Å². The van der Waals surface area contributed by atoms with E-state index in [-0.39, 0.29) is 0 Å². The van der Waals surface area contributed by atoms with Crippen molar-refractivity contribution in [2.75, 3.05) is 87.0 Å². The summed E-state index contributed by atoms with van der Waals surface area (Å²) in [5.41, 5.74) is 0. The lowest BCUT2D eigenvalue weighted by molar-refractivity contribution is 0.123. The van der Waals surface area contributed by atoms with Gasteiger partial charge in [-0.1, -0.05) is 39.2 Å². The molecule has 0 aromatic rings. The normalized spacial score (nSPS) is 11.1. The standard InChI is InChI=1S/C11H26O3SSi.C6H16O3SSi.C6H16O2SSi.C5H10.CH4O/c1-5-6-7-9-15-10-8-11-16(12-2,13-3)14-4;1-7-11(8-2,9-3)6-4-5-10;1-7-10(3,8-2)6-4-5-9;1-3-5-4-2;1-2/h5-11H2,1-4H3;10H,4-6H2,1-3H3;9H,4-6H2,1-3H3;3H,1,4-5H2,2H3;2H,1H3. The average Bonchev–Trinajstić information content (AvgIpc) is 3.08. The van der Waals surface area contributed by atoms with Crippen LogP contribution in [0.2, 0.25) is 24.7 Å². The molecular formula is C29H72O9S3Si3. The largest absolute Gasteiger partial charge is 0.500 e. The van der Waals surface area contributed by atoms with Crippen molar-refractivity contribution in [1.82, 2.24) is 0 Å². The maximum absolute atomic E-state index is 7.00. The van der Waals surface area contributed by atoms with E-state index in [9.17, 15) is 0 Å². The fraction of sp³-hybridized carbons (Fsp3) is 0.931. The van der Waals surface area contributed by atoms with Crippen molar-refractivity contribution in [1.29, 1.82) is 0 Å². The summed E-state index contributed by atoms with van der Waals surface area (Å²) in [6.07, 6.45) is 11.4. The van der Waals surface area contributed by atoms with Crippen LogP contribution in [0.25, 0.3) is 0 Å². The molecule has 0 aliphatic carbocycles. The van der Waals surface area contributed by atoms with Crippen molar-refractivity contribution in [3.05, 3.63) is 12.7 Å². The van der Waals surface area contributed by atoms with Crippen molar-refractivity contribution in [3.8, 4) is 0 Å². The summed E-state index contributed by atoms with van der Waals surface area (Å²) in [6, 6.07) is 2.78. The van der Waals surface area contributed by atoms with Gasteiger partial charge in [0.25, 0.3) is 0 Å².